The summed E-state index contributed by atoms with van der Waals surface area (Å²) in [5.41, 5.74) is 5.90. The Morgan fingerprint density at radius 1 is 1.32 bits per heavy atom. The lowest BCUT2D eigenvalue weighted by Gasteiger charge is -2.34. The molecule has 1 amide bonds. The molecule has 0 radical (unpaired) electrons. The number of piperidine rings is 1. The van der Waals surface area contributed by atoms with Crippen LogP contribution >= 0.6 is 0 Å². The van der Waals surface area contributed by atoms with Crippen molar-refractivity contribution in [1.29, 1.82) is 0 Å². The van der Waals surface area contributed by atoms with Gasteiger partial charge in [-0.1, -0.05) is 12.1 Å². The Morgan fingerprint density at radius 2 is 2.11 bits per heavy atom. The number of carbonyl (C=O) groups excluding carboxylic acids is 1. The highest BCUT2D eigenvalue weighted by Gasteiger charge is 2.32. The third-order valence-electron chi connectivity index (χ3n) is 3.55. The van der Waals surface area contributed by atoms with Crippen molar-refractivity contribution in [2.75, 3.05) is 19.7 Å². The molecule has 0 saturated carbocycles. The highest BCUT2D eigenvalue weighted by molar-refractivity contribution is 5.82. The molecule has 1 fully saturated rings. The van der Waals surface area contributed by atoms with E-state index in [1.54, 1.807) is 4.90 Å². The van der Waals surface area contributed by atoms with Crippen LogP contribution in [-0.2, 0) is 4.79 Å². The van der Waals surface area contributed by atoms with Crippen LogP contribution in [0.5, 0.6) is 11.5 Å². The zero-order chi connectivity index (χ0) is 13.2. The number of carbonyl (C=O) groups is 1. The summed E-state index contributed by atoms with van der Waals surface area (Å²) in [7, 11) is 0. The molecular weight excluding hydrogens is 244 g/mol. The number of ether oxygens (including phenoxy) is 2. The lowest BCUT2D eigenvalue weighted by molar-refractivity contribution is -0.142. The van der Waals surface area contributed by atoms with Gasteiger partial charge in [0.1, 0.15) is 6.61 Å². The van der Waals surface area contributed by atoms with Gasteiger partial charge in [0.25, 0.3) is 5.91 Å². The van der Waals surface area contributed by atoms with E-state index in [1.807, 2.05) is 24.3 Å². The minimum absolute atomic E-state index is 0.0235. The Bertz CT molecular complexity index is 478. The lowest BCUT2D eigenvalue weighted by Crippen LogP contribution is -2.52. The maximum absolute atomic E-state index is 12.4. The number of amides is 1. The monoisotopic (exact) mass is 262 g/mol. The molecule has 1 aromatic rings. The molecule has 19 heavy (non-hydrogen) atoms. The fraction of sp³-hybridized carbons (Fsp3) is 0.500. The van der Waals surface area contributed by atoms with E-state index in [0.29, 0.717) is 18.0 Å². The van der Waals surface area contributed by atoms with Crippen molar-refractivity contribution in [1.82, 2.24) is 4.90 Å². The molecule has 1 saturated heterocycles. The molecule has 0 aromatic heterocycles. The van der Waals surface area contributed by atoms with E-state index in [2.05, 4.69) is 0 Å². The number of benzene rings is 1. The number of rotatable bonds is 1. The topological polar surface area (TPSA) is 64.8 Å². The van der Waals surface area contributed by atoms with Crippen LogP contribution in [0.3, 0.4) is 0 Å². The van der Waals surface area contributed by atoms with E-state index in [-0.39, 0.29) is 18.6 Å². The first-order valence-electron chi connectivity index (χ1n) is 6.67. The highest BCUT2D eigenvalue weighted by atomic mass is 16.6. The van der Waals surface area contributed by atoms with Gasteiger partial charge in [0.05, 0.1) is 0 Å². The Hall–Kier alpha value is -1.75. The van der Waals surface area contributed by atoms with Crippen LogP contribution < -0.4 is 15.2 Å². The zero-order valence-corrected chi connectivity index (χ0v) is 10.7. The van der Waals surface area contributed by atoms with E-state index < -0.39 is 6.10 Å². The molecule has 102 valence electrons. The van der Waals surface area contributed by atoms with Gasteiger partial charge < -0.3 is 20.1 Å². The molecule has 5 heteroatoms. The largest absolute Gasteiger partial charge is 0.485 e. The number of nitrogens with zero attached hydrogens (tertiary/aromatic N) is 1. The second kappa shape index (κ2) is 5.09. The number of nitrogens with two attached hydrogens (primary N) is 1. The van der Waals surface area contributed by atoms with Crippen LogP contribution in [0.1, 0.15) is 12.8 Å². The molecule has 3 rings (SSSR count). The van der Waals surface area contributed by atoms with Gasteiger partial charge in [0, 0.05) is 19.1 Å². The normalized spacial score (nSPS) is 26.1. The molecule has 1 aromatic carbocycles. The van der Waals surface area contributed by atoms with Crippen molar-refractivity contribution in [3.63, 3.8) is 0 Å². The Balaban J connectivity index is 1.69. The number of likely N-dealkylation sites (tertiary alicyclic amines) is 1. The smallest absolute Gasteiger partial charge is 0.267 e. The number of hydrogen-bond acceptors (Lipinski definition) is 4. The van der Waals surface area contributed by atoms with Gasteiger partial charge in [0.2, 0.25) is 6.10 Å². The van der Waals surface area contributed by atoms with Crippen molar-refractivity contribution in [3.05, 3.63) is 24.3 Å². The molecular formula is C14H18N2O3. The standard InChI is InChI=1S/C14H18N2O3/c15-10-4-3-7-16(8-10)14(17)13-9-18-11-5-1-2-6-12(11)19-13/h1-2,5-6,10,13H,3-4,7-9,15H2/t10-,13+/m1/s1. The first kappa shape index (κ1) is 12.3. The molecule has 2 N–H and O–H groups in total. The van der Waals surface area contributed by atoms with Gasteiger partial charge >= 0.3 is 0 Å². The predicted molar refractivity (Wildman–Crippen MR) is 70.1 cm³/mol. The average molecular weight is 262 g/mol. The minimum atomic E-state index is -0.555. The third kappa shape index (κ3) is 2.51. The fourth-order valence-electron chi connectivity index (χ4n) is 2.56. The molecule has 2 aliphatic rings. The van der Waals surface area contributed by atoms with Gasteiger partial charge in [-0.15, -0.1) is 0 Å². The zero-order valence-electron chi connectivity index (χ0n) is 10.7. The number of fused-ring (bicyclic) bond motifs is 1. The van der Waals surface area contributed by atoms with E-state index in [9.17, 15) is 4.79 Å². The molecule has 0 aliphatic carbocycles. The maximum atomic E-state index is 12.4. The summed E-state index contributed by atoms with van der Waals surface area (Å²) >= 11 is 0. The second-order valence-electron chi connectivity index (χ2n) is 5.05. The molecule has 2 aliphatic heterocycles. The lowest BCUT2D eigenvalue weighted by atomic mass is 10.1. The SMILES string of the molecule is N[C@@H]1CCCN(C(=O)[C@@H]2COc3ccccc3O2)C1. The van der Waals surface area contributed by atoms with Crippen LogP contribution in [0.4, 0.5) is 0 Å². The average Bonchev–Trinajstić information content (AvgIpc) is 2.46. The Morgan fingerprint density at radius 3 is 2.89 bits per heavy atom. The van der Waals surface area contributed by atoms with Crippen molar-refractivity contribution >= 4 is 5.91 Å². The van der Waals surface area contributed by atoms with Crippen LogP contribution in [0.2, 0.25) is 0 Å². The van der Waals surface area contributed by atoms with Crippen molar-refractivity contribution in [3.8, 4) is 11.5 Å². The van der Waals surface area contributed by atoms with Crippen LogP contribution in [0, 0.1) is 0 Å². The van der Waals surface area contributed by atoms with Crippen LogP contribution in [0.25, 0.3) is 0 Å². The second-order valence-corrected chi connectivity index (χ2v) is 5.05. The predicted octanol–water partition coefficient (Wildman–Crippen LogP) is 0.776. The van der Waals surface area contributed by atoms with Gasteiger partial charge in [-0.3, -0.25) is 4.79 Å². The summed E-state index contributed by atoms with van der Waals surface area (Å²) in [5, 5.41) is 0. The van der Waals surface area contributed by atoms with Crippen molar-refractivity contribution in [2.24, 2.45) is 5.73 Å². The first-order valence-corrected chi connectivity index (χ1v) is 6.67. The Kier molecular flexibility index (Phi) is 3.29. The molecule has 0 spiro atoms. The molecule has 2 atom stereocenters. The van der Waals surface area contributed by atoms with E-state index in [4.69, 9.17) is 15.2 Å². The molecule has 0 bridgehead atoms. The quantitative estimate of drug-likeness (QED) is 0.812. The van der Waals surface area contributed by atoms with E-state index >= 15 is 0 Å². The number of para-hydroxylation sites is 2. The summed E-state index contributed by atoms with van der Waals surface area (Å²) in [6, 6.07) is 7.48. The van der Waals surface area contributed by atoms with E-state index in [1.165, 1.54) is 0 Å². The highest BCUT2D eigenvalue weighted by Crippen LogP contribution is 2.31. The van der Waals surface area contributed by atoms with Gasteiger partial charge in [0.15, 0.2) is 11.5 Å². The number of hydrogen-bond donors (Lipinski definition) is 1. The summed E-state index contributed by atoms with van der Waals surface area (Å²) in [6.07, 6.45) is 1.38. The summed E-state index contributed by atoms with van der Waals surface area (Å²) in [5.74, 6) is 1.31. The molecule has 2 heterocycles. The van der Waals surface area contributed by atoms with Crippen molar-refractivity contribution in [2.45, 2.75) is 25.0 Å². The van der Waals surface area contributed by atoms with Gasteiger partial charge in [-0.05, 0) is 25.0 Å². The third-order valence-corrected chi connectivity index (χ3v) is 3.55. The maximum Gasteiger partial charge on any atom is 0.267 e. The van der Waals surface area contributed by atoms with Crippen LogP contribution in [-0.4, -0.2) is 42.6 Å². The summed E-state index contributed by atoms with van der Waals surface area (Å²) in [6.45, 7) is 1.63. The molecule has 0 unspecified atom stereocenters. The van der Waals surface area contributed by atoms with E-state index in [0.717, 1.165) is 19.4 Å². The van der Waals surface area contributed by atoms with Gasteiger partial charge in [-0.2, -0.15) is 0 Å². The summed E-state index contributed by atoms with van der Waals surface area (Å²) < 4.78 is 11.3. The fourth-order valence-corrected chi connectivity index (χ4v) is 2.56. The van der Waals surface area contributed by atoms with Gasteiger partial charge in [-0.25, -0.2) is 0 Å². The minimum Gasteiger partial charge on any atom is -0.485 e. The van der Waals surface area contributed by atoms with Crippen molar-refractivity contribution < 1.29 is 14.3 Å². The van der Waals surface area contributed by atoms with Crippen LogP contribution in [0.15, 0.2) is 24.3 Å². The Labute approximate surface area is 112 Å². The molecule has 5 nitrogen and oxygen atoms in total. The first-order chi connectivity index (χ1) is 9.24. The summed E-state index contributed by atoms with van der Waals surface area (Å²) in [4.78, 5) is 14.2.